The zero-order valence-electron chi connectivity index (χ0n) is 10.1. The Kier molecular flexibility index (Phi) is 3.33. The van der Waals surface area contributed by atoms with Crippen LogP contribution in [0.3, 0.4) is 0 Å². The van der Waals surface area contributed by atoms with Crippen molar-refractivity contribution >= 4 is 5.69 Å². The van der Waals surface area contributed by atoms with Gasteiger partial charge in [-0.3, -0.25) is 0 Å². The molecule has 2 aromatic carbocycles. The first-order valence-electron chi connectivity index (χ1n) is 5.61. The number of phenolic OH excluding ortho intramolecular Hbond substituents is 1. The van der Waals surface area contributed by atoms with Crippen molar-refractivity contribution in [2.24, 2.45) is 0 Å². The number of nitrogens with zero attached hydrogens (tertiary/aromatic N) is 1. The summed E-state index contributed by atoms with van der Waals surface area (Å²) in [4.78, 5) is 2.09. The molecule has 0 aliphatic rings. The first-order valence-corrected chi connectivity index (χ1v) is 5.61. The van der Waals surface area contributed by atoms with E-state index in [0.717, 1.165) is 6.42 Å². The lowest BCUT2D eigenvalue weighted by Gasteiger charge is -2.17. The first-order chi connectivity index (χ1) is 8.16. The van der Waals surface area contributed by atoms with E-state index in [1.165, 1.54) is 16.8 Å². The highest BCUT2D eigenvalue weighted by molar-refractivity contribution is 5.53. The molecule has 0 heterocycles. The van der Waals surface area contributed by atoms with Crippen molar-refractivity contribution in [1.82, 2.24) is 0 Å². The highest BCUT2D eigenvalue weighted by Gasteiger charge is 2.04. The van der Waals surface area contributed by atoms with Gasteiger partial charge in [-0.05, 0) is 41.8 Å². The van der Waals surface area contributed by atoms with Crippen molar-refractivity contribution in [3.8, 4) is 5.75 Å². The molecule has 2 nitrogen and oxygen atoms in total. The monoisotopic (exact) mass is 226 g/mol. The lowest BCUT2D eigenvalue weighted by atomic mass is 10.0. The number of rotatable bonds is 3. The van der Waals surface area contributed by atoms with Crippen LogP contribution >= 0.6 is 0 Å². The van der Waals surface area contributed by atoms with Gasteiger partial charge < -0.3 is 10.0 Å². The minimum Gasteiger partial charge on any atom is -0.508 e. The van der Waals surface area contributed by atoms with Gasteiger partial charge in [-0.2, -0.15) is 0 Å². The molecule has 0 bridgehead atoms. The van der Waals surface area contributed by atoms with E-state index in [2.05, 4.69) is 17.0 Å². The number of hydrogen-bond acceptors (Lipinski definition) is 2. The Morgan fingerprint density at radius 1 is 1.12 bits per heavy atom. The maximum absolute atomic E-state index is 9.25. The molecule has 2 heteroatoms. The maximum Gasteiger partial charge on any atom is 0.115 e. The van der Waals surface area contributed by atoms with Gasteiger partial charge in [0.25, 0.3) is 0 Å². The number of anilines is 1. The summed E-state index contributed by atoms with van der Waals surface area (Å²) in [5.41, 5.74) is 3.64. The van der Waals surface area contributed by atoms with Gasteiger partial charge in [0.2, 0.25) is 0 Å². The van der Waals surface area contributed by atoms with Crippen LogP contribution in [0, 0.1) is 6.07 Å². The molecule has 17 heavy (non-hydrogen) atoms. The minimum atomic E-state index is 0.308. The molecule has 0 fully saturated rings. The maximum atomic E-state index is 9.25. The smallest absolute Gasteiger partial charge is 0.115 e. The van der Waals surface area contributed by atoms with Crippen molar-refractivity contribution in [2.75, 3.05) is 19.0 Å². The van der Waals surface area contributed by atoms with Crippen LogP contribution in [0.25, 0.3) is 0 Å². The molecule has 0 saturated heterocycles. The second-order valence-corrected chi connectivity index (χ2v) is 4.29. The van der Waals surface area contributed by atoms with E-state index in [4.69, 9.17) is 0 Å². The third kappa shape index (κ3) is 2.78. The molecule has 0 unspecified atom stereocenters. The average Bonchev–Trinajstić information content (AvgIpc) is 2.32. The lowest BCUT2D eigenvalue weighted by Crippen LogP contribution is -2.11. The Morgan fingerprint density at radius 2 is 1.82 bits per heavy atom. The summed E-state index contributed by atoms with van der Waals surface area (Å²) in [5.74, 6) is 0.308. The molecule has 0 aromatic heterocycles. The summed E-state index contributed by atoms with van der Waals surface area (Å²) >= 11 is 0. The molecule has 0 aliphatic heterocycles. The Bertz CT molecular complexity index is 489. The Hall–Kier alpha value is -1.96. The fourth-order valence-electron chi connectivity index (χ4n) is 1.85. The second kappa shape index (κ2) is 4.91. The summed E-state index contributed by atoms with van der Waals surface area (Å²) in [6.45, 7) is 0. The average molecular weight is 226 g/mol. The van der Waals surface area contributed by atoms with Crippen LogP contribution in [-0.4, -0.2) is 19.2 Å². The summed E-state index contributed by atoms with van der Waals surface area (Å²) in [6, 6.07) is 16.5. The second-order valence-electron chi connectivity index (χ2n) is 4.29. The topological polar surface area (TPSA) is 23.5 Å². The molecule has 2 aromatic rings. The summed E-state index contributed by atoms with van der Waals surface area (Å²) in [6.07, 6.45) is 0.864. The van der Waals surface area contributed by atoms with Gasteiger partial charge in [0, 0.05) is 19.8 Å². The van der Waals surface area contributed by atoms with E-state index in [1.54, 1.807) is 12.1 Å². The van der Waals surface area contributed by atoms with Crippen LogP contribution in [0.2, 0.25) is 0 Å². The van der Waals surface area contributed by atoms with Crippen LogP contribution in [0.1, 0.15) is 11.1 Å². The quantitative estimate of drug-likeness (QED) is 0.870. The van der Waals surface area contributed by atoms with Crippen LogP contribution in [-0.2, 0) is 6.42 Å². The molecule has 2 rings (SSSR count). The third-order valence-electron chi connectivity index (χ3n) is 2.74. The zero-order chi connectivity index (χ0) is 12.3. The van der Waals surface area contributed by atoms with Crippen molar-refractivity contribution in [3.63, 3.8) is 0 Å². The van der Waals surface area contributed by atoms with E-state index in [1.807, 2.05) is 38.4 Å². The van der Waals surface area contributed by atoms with E-state index in [0.29, 0.717) is 5.75 Å². The van der Waals surface area contributed by atoms with Crippen molar-refractivity contribution < 1.29 is 5.11 Å². The Balaban J connectivity index is 2.26. The van der Waals surface area contributed by atoms with Gasteiger partial charge in [-0.15, -0.1) is 0 Å². The van der Waals surface area contributed by atoms with Gasteiger partial charge in [-0.1, -0.05) is 24.3 Å². The Labute approximate surface area is 102 Å². The predicted octanol–water partition coefficient (Wildman–Crippen LogP) is 2.85. The number of phenols is 1. The van der Waals surface area contributed by atoms with E-state index in [-0.39, 0.29) is 0 Å². The standard InChI is InChI=1S/C15H16NO/c1-16(2)15-6-4-3-5-13(15)11-12-7-9-14(17)10-8-12/h3,5-10,17H,11H2,1-2H3. The van der Waals surface area contributed by atoms with Crippen molar-refractivity contribution in [1.29, 1.82) is 0 Å². The summed E-state index contributed by atoms with van der Waals surface area (Å²) < 4.78 is 0. The highest BCUT2D eigenvalue weighted by Crippen LogP contribution is 2.21. The SMILES string of the molecule is CN(C)c1c[c]ccc1Cc1ccc(O)cc1. The van der Waals surface area contributed by atoms with Crippen LogP contribution < -0.4 is 4.90 Å². The molecule has 1 N–H and O–H groups in total. The van der Waals surface area contributed by atoms with Crippen LogP contribution in [0.15, 0.2) is 42.5 Å². The molecule has 0 amide bonds. The fraction of sp³-hybridized carbons (Fsp3) is 0.200. The summed E-state index contributed by atoms with van der Waals surface area (Å²) in [5, 5.41) is 9.25. The molecular weight excluding hydrogens is 210 g/mol. The molecule has 0 spiro atoms. The normalized spacial score (nSPS) is 10.2. The summed E-state index contributed by atoms with van der Waals surface area (Å²) in [7, 11) is 4.06. The van der Waals surface area contributed by atoms with E-state index < -0.39 is 0 Å². The molecule has 0 atom stereocenters. The molecular formula is C15H16NO. The number of benzene rings is 2. The lowest BCUT2D eigenvalue weighted by molar-refractivity contribution is 0.475. The predicted molar refractivity (Wildman–Crippen MR) is 70.5 cm³/mol. The van der Waals surface area contributed by atoms with Gasteiger partial charge in [0.1, 0.15) is 5.75 Å². The van der Waals surface area contributed by atoms with E-state index >= 15 is 0 Å². The highest BCUT2D eigenvalue weighted by atomic mass is 16.3. The third-order valence-corrected chi connectivity index (χ3v) is 2.74. The van der Waals surface area contributed by atoms with Gasteiger partial charge in [0.15, 0.2) is 0 Å². The molecule has 0 aliphatic carbocycles. The first kappa shape index (κ1) is 11.5. The molecule has 0 saturated carbocycles. The van der Waals surface area contributed by atoms with Crippen molar-refractivity contribution in [2.45, 2.75) is 6.42 Å². The van der Waals surface area contributed by atoms with Crippen LogP contribution in [0.5, 0.6) is 5.75 Å². The van der Waals surface area contributed by atoms with Crippen molar-refractivity contribution in [3.05, 3.63) is 59.7 Å². The minimum absolute atomic E-state index is 0.308. The molecule has 1 radical (unpaired) electrons. The van der Waals surface area contributed by atoms with Crippen LogP contribution in [0.4, 0.5) is 5.69 Å². The van der Waals surface area contributed by atoms with Gasteiger partial charge >= 0.3 is 0 Å². The Morgan fingerprint density at radius 3 is 2.47 bits per heavy atom. The van der Waals surface area contributed by atoms with Gasteiger partial charge in [0.05, 0.1) is 0 Å². The molecule has 87 valence electrons. The van der Waals surface area contributed by atoms with Gasteiger partial charge in [-0.25, -0.2) is 0 Å². The van der Waals surface area contributed by atoms with E-state index in [9.17, 15) is 5.11 Å². The zero-order valence-corrected chi connectivity index (χ0v) is 10.1. The number of hydrogen-bond donors (Lipinski definition) is 1. The number of aromatic hydroxyl groups is 1. The largest absolute Gasteiger partial charge is 0.508 e. The fourth-order valence-corrected chi connectivity index (χ4v) is 1.85.